The molecule has 1 saturated carbocycles. The number of fused-ring (bicyclic) bond motifs is 1. The summed E-state index contributed by atoms with van der Waals surface area (Å²) in [6.45, 7) is 10.3. The largest absolute Gasteiger partial charge is 0.390 e. The normalized spacial score (nSPS) is 44.0. The standard InChI is InChI=1S/C15H26O4/c1-9(2)11-6-5-10(3)12(19-17)7-8-15(4)14(18-15)13(11)16/h9,11-14,16-17H,3,5-8H2,1-2,4H3/t11-,12?,13+,14-,15-/m0/s1. The molecule has 2 aliphatic rings. The first-order valence-corrected chi connectivity index (χ1v) is 7.23. The summed E-state index contributed by atoms with van der Waals surface area (Å²) >= 11 is 0. The van der Waals surface area contributed by atoms with Crippen LogP contribution in [-0.4, -0.2) is 34.3 Å². The molecule has 2 N–H and O–H groups in total. The van der Waals surface area contributed by atoms with E-state index in [1.165, 1.54) is 0 Å². The van der Waals surface area contributed by atoms with Gasteiger partial charge < -0.3 is 9.84 Å². The lowest BCUT2D eigenvalue weighted by molar-refractivity contribution is -0.270. The highest BCUT2D eigenvalue weighted by Gasteiger charge is 2.57. The summed E-state index contributed by atoms with van der Waals surface area (Å²) in [6, 6.07) is 0. The van der Waals surface area contributed by atoms with Gasteiger partial charge in [0.2, 0.25) is 0 Å². The van der Waals surface area contributed by atoms with Gasteiger partial charge in [0.05, 0.1) is 11.7 Å². The molecule has 1 aliphatic heterocycles. The summed E-state index contributed by atoms with van der Waals surface area (Å²) in [7, 11) is 0. The SMILES string of the molecule is C=C1CC[C@@H](C(C)C)[C@@H](O)[C@@H]2O[C@@]2(C)CCC1OO. The fraction of sp³-hybridized carbons (Fsp3) is 0.867. The highest BCUT2D eigenvalue weighted by atomic mass is 17.1. The second-order valence-electron chi connectivity index (χ2n) is 6.58. The van der Waals surface area contributed by atoms with Crippen LogP contribution in [0.4, 0.5) is 0 Å². The molecule has 110 valence electrons. The van der Waals surface area contributed by atoms with Crippen LogP contribution in [0.15, 0.2) is 12.2 Å². The molecule has 0 bridgehead atoms. The molecule has 0 amide bonds. The summed E-state index contributed by atoms with van der Waals surface area (Å²) in [5.74, 6) is 0.588. The Bertz CT molecular complexity index is 341. The first-order chi connectivity index (χ1) is 8.89. The molecule has 0 aromatic carbocycles. The maximum atomic E-state index is 10.5. The summed E-state index contributed by atoms with van der Waals surface area (Å²) < 4.78 is 5.74. The maximum absolute atomic E-state index is 10.5. The molecule has 5 atom stereocenters. The van der Waals surface area contributed by atoms with E-state index in [9.17, 15) is 5.11 Å². The minimum Gasteiger partial charge on any atom is -0.390 e. The van der Waals surface area contributed by atoms with Gasteiger partial charge >= 0.3 is 0 Å². The highest BCUT2D eigenvalue weighted by Crippen LogP contribution is 2.47. The van der Waals surface area contributed by atoms with Gasteiger partial charge in [0, 0.05) is 0 Å². The highest BCUT2D eigenvalue weighted by molar-refractivity contribution is 5.10. The van der Waals surface area contributed by atoms with Crippen LogP contribution >= 0.6 is 0 Å². The molecule has 4 heteroatoms. The second-order valence-corrected chi connectivity index (χ2v) is 6.58. The zero-order chi connectivity index (χ0) is 14.2. The maximum Gasteiger partial charge on any atom is 0.114 e. The summed E-state index contributed by atoms with van der Waals surface area (Å²) in [6.07, 6.45) is 2.27. The van der Waals surface area contributed by atoms with Crippen molar-refractivity contribution in [3.63, 3.8) is 0 Å². The zero-order valence-electron chi connectivity index (χ0n) is 12.1. The minimum atomic E-state index is -0.413. The third-order valence-electron chi connectivity index (χ3n) is 4.83. The Morgan fingerprint density at radius 1 is 1.42 bits per heavy atom. The number of epoxide rings is 1. The number of aliphatic hydroxyl groups excluding tert-OH is 1. The van der Waals surface area contributed by atoms with E-state index < -0.39 is 6.10 Å². The van der Waals surface area contributed by atoms with Crippen LogP contribution in [-0.2, 0) is 9.62 Å². The van der Waals surface area contributed by atoms with Crippen molar-refractivity contribution < 1.29 is 20.0 Å². The van der Waals surface area contributed by atoms with Crippen LogP contribution in [0.2, 0.25) is 0 Å². The smallest absolute Gasteiger partial charge is 0.114 e. The number of hydrogen-bond donors (Lipinski definition) is 2. The average Bonchev–Trinajstić information content (AvgIpc) is 3.01. The first-order valence-electron chi connectivity index (χ1n) is 7.23. The lowest BCUT2D eigenvalue weighted by Gasteiger charge is -2.29. The van der Waals surface area contributed by atoms with E-state index in [1.54, 1.807) is 0 Å². The van der Waals surface area contributed by atoms with Gasteiger partial charge in [-0.3, -0.25) is 5.26 Å². The quantitative estimate of drug-likeness (QED) is 0.350. The summed E-state index contributed by atoms with van der Waals surface area (Å²) in [5.41, 5.74) is 0.629. The van der Waals surface area contributed by atoms with Crippen molar-refractivity contribution in [2.24, 2.45) is 11.8 Å². The summed E-state index contributed by atoms with van der Waals surface area (Å²) in [4.78, 5) is 4.55. The van der Waals surface area contributed by atoms with E-state index in [4.69, 9.17) is 9.99 Å². The molecule has 0 aromatic rings. The van der Waals surface area contributed by atoms with Crippen molar-refractivity contribution in [1.82, 2.24) is 0 Å². The zero-order valence-corrected chi connectivity index (χ0v) is 12.1. The Balaban J connectivity index is 2.14. The van der Waals surface area contributed by atoms with Crippen LogP contribution in [0.3, 0.4) is 0 Å². The van der Waals surface area contributed by atoms with Gasteiger partial charge in [0.15, 0.2) is 0 Å². The Morgan fingerprint density at radius 3 is 2.68 bits per heavy atom. The van der Waals surface area contributed by atoms with E-state index in [2.05, 4.69) is 25.3 Å². The Morgan fingerprint density at radius 2 is 2.11 bits per heavy atom. The van der Waals surface area contributed by atoms with E-state index in [-0.39, 0.29) is 23.7 Å². The second kappa shape index (κ2) is 5.52. The minimum absolute atomic E-state index is 0.0781. The van der Waals surface area contributed by atoms with E-state index in [1.807, 2.05) is 6.92 Å². The van der Waals surface area contributed by atoms with Crippen molar-refractivity contribution in [2.75, 3.05) is 0 Å². The fourth-order valence-electron chi connectivity index (χ4n) is 3.27. The van der Waals surface area contributed by atoms with Gasteiger partial charge in [-0.2, -0.15) is 0 Å². The van der Waals surface area contributed by atoms with Gasteiger partial charge in [-0.15, -0.1) is 0 Å². The topological polar surface area (TPSA) is 62.2 Å². The van der Waals surface area contributed by atoms with Gasteiger partial charge in [0.1, 0.15) is 12.2 Å². The predicted octanol–water partition coefficient (Wildman–Crippen LogP) is 2.77. The molecule has 19 heavy (non-hydrogen) atoms. The lowest BCUT2D eigenvalue weighted by Crippen LogP contribution is -2.35. The van der Waals surface area contributed by atoms with Crippen LogP contribution < -0.4 is 0 Å². The Kier molecular flexibility index (Phi) is 4.35. The first kappa shape index (κ1) is 15.0. The monoisotopic (exact) mass is 270 g/mol. The van der Waals surface area contributed by atoms with Gasteiger partial charge in [-0.25, -0.2) is 4.89 Å². The number of hydrogen-bond acceptors (Lipinski definition) is 4. The average molecular weight is 270 g/mol. The fourth-order valence-corrected chi connectivity index (χ4v) is 3.27. The van der Waals surface area contributed by atoms with Crippen LogP contribution in [0.25, 0.3) is 0 Å². The van der Waals surface area contributed by atoms with Crippen molar-refractivity contribution in [1.29, 1.82) is 0 Å². The summed E-state index contributed by atoms with van der Waals surface area (Å²) in [5, 5.41) is 19.5. The molecule has 2 rings (SSSR count). The van der Waals surface area contributed by atoms with Crippen molar-refractivity contribution >= 4 is 0 Å². The third kappa shape index (κ3) is 3.02. The Hall–Kier alpha value is -0.420. The van der Waals surface area contributed by atoms with Crippen molar-refractivity contribution in [3.05, 3.63) is 12.2 Å². The predicted molar refractivity (Wildman–Crippen MR) is 72.7 cm³/mol. The van der Waals surface area contributed by atoms with Crippen LogP contribution in [0.1, 0.15) is 46.5 Å². The molecule has 0 spiro atoms. The molecular weight excluding hydrogens is 244 g/mol. The molecule has 0 aromatic heterocycles. The number of ether oxygens (including phenoxy) is 1. The molecule has 1 heterocycles. The van der Waals surface area contributed by atoms with E-state index >= 15 is 0 Å². The van der Waals surface area contributed by atoms with Crippen molar-refractivity contribution in [2.45, 2.75) is 70.4 Å². The molecule has 1 aliphatic carbocycles. The molecule has 0 radical (unpaired) electrons. The van der Waals surface area contributed by atoms with E-state index in [0.29, 0.717) is 12.3 Å². The van der Waals surface area contributed by atoms with E-state index in [0.717, 1.165) is 24.8 Å². The van der Waals surface area contributed by atoms with Gasteiger partial charge in [0.25, 0.3) is 0 Å². The van der Waals surface area contributed by atoms with Crippen LogP contribution in [0.5, 0.6) is 0 Å². The molecule has 1 unspecified atom stereocenters. The van der Waals surface area contributed by atoms with Crippen molar-refractivity contribution in [3.8, 4) is 0 Å². The molecule has 1 saturated heterocycles. The van der Waals surface area contributed by atoms with Gasteiger partial charge in [-0.05, 0) is 50.0 Å². The third-order valence-corrected chi connectivity index (χ3v) is 4.83. The number of rotatable bonds is 2. The lowest BCUT2D eigenvalue weighted by atomic mass is 9.79. The number of aliphatic hydroxyl groups is 1. The Labute approximate surface area is 115 Å². The molecular formula is C15H26O4. The molecule has 4 nitrogen and oxygen atoms in total. The molecule has 2 fully saturated rings. The van der Waals surface area contributed by atoms with Crippen LogP contribution in [0, 0.1) is 11.8 Å². The van der Waals surface area contributed by atoms with Gasteiger partial charge in [-0.1, -0.05) is 20.4 Å².